The van der Waals surface area contributed by atoms with Gasteiger partial charge in [0.1, 0.15) is 5.82 Å². The molecule has 1 aliphatic heterocycles. The molecule has 2 aromatic carbocycles. The van der Waals surface area contributed by atoms with Gasteiger partial charge in [0.05, 0.1) is 0 Å². The van der Waals surface area contributed by atoms with Crippen LogP contribution in [0.25, 0.3) is 6.08 Å². The lowest BCUT2D eigenvalue weighted by atomic mass is 10.1. The Bertz CT molecular complexity index is 869. The van der Waals surface area contributed by atoms with Gasteiger partial charge in [0.2, 0.25) is 5.91 Å². The summed E-state index contributed by atoms with van der Waals surface area (Å²) in [5.74, 6) is -0.260. The molecule has 0 spiro atoms. The fourth-order valence-electron chi connectivity index (χ4n) is 3.50. The maximum absolute atomic E-state index is 13.1. The van der Waals surface area contributed by atoms with Crippen molar-refractivity contribution in [3.63, 3.8) is 0 Å². The quantitative estimate of drug-likeness (QED) is 0.617. The van der Waals surface area contributed by atoms with Crippen molar-refractivity contribution in [2.75, 3.05) is 18.8 Å². The van der Waals surface area contributed by atoms with Gasteiger partial charge in [-0.2, -0.15) is 0 Å². The number of nitrogen functional groups attached to an aromatic ring is 1. The Morgan fingerprint density at radius 1 is 1.18 bits per heavy atom. The highest BCUT2D eigenvalue weighted by molar-refractivity contribution is 6.30. The molecule has 3 rings (SSSR count). The van der Waals surface area contributed by atoms with Crippen molar-refractivity contribution in [3.05, 3.63) is 70.5 Å². The van der Waals surface area contributed by atoms with Crippen molar-refractivity contribution >= 4 is 29.3 Å². The summed E-state index contributed by atoms with van der Waals surface area (Å²) in [7, 11) is 0. The average Bonchev–Trinajstić information content (AvgIpc) is 2.65. The topological polar surface area (TPSA) is 49.6 Å². The Morgan fingerprint density at radius 2 is 1.89 bits per heavy atom. The minimum absolute atomic E-state index is 0.0323. The highest BCUT2D eigenvalue weighted by atomic mass is 35.5. The highest BCUT2D eigenvalue weighted by Crippen LogP contribution is 2.21. The average molecular weight is 402 g/mol. The van der Waals surface area contributed by atoms with E-state index in [0.717, 1.165) is 24.2 Å². The predicted octanol–water partition coefficient (Wildman–Crippen LogP) is 4.20. The lowest BCUT2D eigenvalue weighted by Gasteiger charge is -2.44. The Hall–Kier alpha value is -2.37. The maximum atomic E-state index is 13.1. The minimum atomic E-state index is -0.228. The van der Waals surface area contributed by atoms with Gasteiger partial charge in [0.25, 0.3) is 0 Å². The molecule has 0 saturated carbocycles. The molecule has 0 unspecified atom stereocenters. The van der Waals surface area contributed by atoms with Crippen LogP contribution in [-0.4, -0.2) is 40.9 Å². The van der Waals surface area contributed by atoms with E-state index in [4.69, 9.17) is 17.3 Å². The summed E-state index contributed by atoms with van der Waals surface area (Å²) in [5.41, 5.74) is 8.33. The van der Waals surface area contributed by atoms with Gasteiger partial charge >= 0.3 is 0 Å². The molecular weight excluding hydrogens is 377 g/mol. The van der Waals surface area contributed by atoms with Crippen molar-refractivity contribution in [1.82, 2.24) is 9.80 Å². The van der Waals surface area contributed by atoms with Crippen molar-refractivity contribution in [2.45, 2.75) is 32.5 Å². The molecule has 0 aliphatic carbocycles. The van der Waals surface area contributed by atoms with Crippen LogP contribution in [0.15, 0.2) is 48.5 Å². The van der Waals surface area contributed by atoms with Crippen LogP contribution in [0, 0.1) is 5.82 Å². The summed E-state index contributed by atoms with van der Waals surface area (Å²) in [4.78, 5) is 16.9. The molecule has 2 N–H and O–H groups in total. The summed E-state index contributed by atoms with van der Waals surface area (Å²) in [6.45, 7) is 6.30. The number of carbonyl (C=O) groups excluding carboxylic acids is 1. The van der Waals surface area contributed by atoms with E-state index in [9.17, 15) is 9.18 Å². The normalized spacial score (nSPS) is 20.6. The first-order valence-electron chi connectivity index (χ1n) is 9.35. The summed E-state index contributed by atoms with van der Waals surface area (Å²) in [6, 6.07) is 12.1. The Labute approximate surface area is 170 Å². The van der Waals surface area contributed by atoms with Crippen molar-refractivity contribution in [1.29, 1.82) is 0 Å². The van der Waals surface area contributed by atoms with E-state index >= 15 is 0 Å². The van der Waals surface area contributed by atoms with Crippen LogP contribution >= 0.6 is 11.6 Å². The van der Waals surface area contributed by atoms with E-state index in [1.165, 1.54) is 12.1 Å². The standard InChI is InChI=1S/C22H25ClFN3O/c1-15-13-27(22(28)10-6-18-5-7-19(23)11-21(18)25)16(2)12-26(15)14-17-3-8-20(24)9-4-17/h3-11,15-16H,12-14,25H2,1-2H3/b10-6+/t15-,16+/m1/s1. The molecule has 0 radical (unpaired) electrons. The zero-order valence-electron chi connectivity index (χ0n) is 16.1. The van der Waals surface area contributed by atoms with E-state index in [1.54, 1.807) is 30.4 Å². The summed E-state index contributed by atoms with van der Waals surface area (Å²) >= 11 is 5.91. The summed E-state index contributed by atoms with van der Waals surface area (Å²) in [5, 5.41) is 0.570. The number of benzene rings is 2. The van der Waals surface area contributed by atoms with E-state index in [1.807, 2.05) is 24.0 Å². The molecule has 28 heavy (non-hydrogen) atoms. The molecule has 1 aliphatic rings. The first-order valence-corrected chi connectivity index (χ1v) is 9.73. The number of hydrogen-bond acceptors (Lipinski definition) is 3. The number of carbonyl (C=O) groups is 1. The molecule has 2 atom stereocenters. The van der Waals surface area contributed by atoms with Crippen LogP contribution in [0.3, 0.4) is 0 Å². The molecule has 148 valence electrons. The molecule has 1 heterocycles. The summed E-state index contributed by atoms with van der Waals surface area (Å²) in [6.07, 6.45) is 3.30. The maximum Gasteiger partial charge on any atom is 0.246 e. The zero-order valence-corrected chi connectivity index (χ0v) is 16.9. The van der Waals surface area contributed by atoms with E-state index < -0.39 is 0 Å². The molecule has 0 aromatic heterocycles. The van der Waals surface area contributed by atoms with Gasteiger partial charge in [0, 0.05) is 48.5 Å². The number of halogens is 2. The largest absolute Gasteiger partial charge is 0.398 e. The van der Waals surface area contributed by atoms with Gasteiger partial charge in [-0.1, -0.05) is 29.8 Å². The SMILES string of the molecule is C[C@@H]1CN(C(=O)/C=C/c2ccc(Cl)cc2N)[C@@H](C)CN1Cc1ccc(F)cc1. The number of rotatable bonds is 4. The third-order valence-electron chi connectivity index (χ3n) is 5.15. The van der Waals surface area contributed by atoms with Crippen LogP contribution in [0.1, 0.15) is 25.0 Å². The number of nitrogens with two attached hydrogens (primary N) is 1. The monoisotopic (exact) mass is 401 g/mol. The van der Waals surface area contributed by atoms with Crippen LogP contribution in [0.4, 0.5) is 10.1 Å². The number of hydrogen-bond donors (Lipinski definition) is 1. The van der Waals surface area contributed by atoms with Gasteiger partial charge in [-0.05, 0) is 55.3 Å². The molecular formula is C22H25ClFN3O. The van der Waals surface area contributed by atoms with Crippen molar-refractivity contribution < 1.29 is 9.18 Å². The van der Waals surface area contributed by atoms with Gasteiger partial charge < -0.3 is 10.6 Å². The van der Waals surface area contributed by atoms with E-state index in [-0.39, 0.29) is 23.8 Å². The molecule has 2 aromatic rings. The van der Waals surface area contributed by atoms with E-state index in [0.29, 0.717) is 17.3 Å². The second kappa shape index (κ2) is 8.76. The molecule has 6 heteroatoms. The molecule has 1 saturated heterocycles. The van der Waals surface area contributed by atoms with Crippen molar-refractivity contribution in [3.8, 4) is 0 Å². The number of nitrogens with zero attached hydrogens (tertiary/aromatic N) is 2. The molecule has 0 bridgehead atoms. The van der Waals surface area contributed by atoms with Gasteiger partial charge in [-0.3, -0.25) is 9.69 Å². The van der Waals surface area contributed by atoms with E-state index in [2.05, 4.69) is 11.8 Å². The smallest absolute Gasteiger partial charge is 0.246 e. The molecule has 1 amide bonds. The Morgan fingerprint density at radius 3 is 2.57 bits per heavy atom. The van der Waals surface area contributed by atoms with Crippen LogP contribution < -0.4 is 5.73 Å². The second-order valence-corrected chi connectivity index (χ2v) is 7.79. The second-order valence-electron chi connectivity index (χ2n) is 7.35. The number of piperazine rings is 1. The van der Waals surface area contributed by atoms with Crippen LogP contribution in [0.2, 0.25) is 5.02 Å². The molecule has 4 nitrogen and oxygen atoms in total. The van der Waals surface area contributed by atoms with Gasteiger partial charge in [-0.25, -0.2) is 4.39 Å². The highest BCUT2D eigenvalue weighted by Gasteiger charge is 2.30. The Balaban J connectivity index is 1.63. The third kappa shape index (κ3) is 4.91. The number of amides is 1. The molecule has 1 fully saturated rings. The lowest BCUT2D eigenvalue weighted by Crippen LogP contribution is -2.57. The predicted molar refractivity (Wildman–Crippen MR) is 112 cm³/mol. The first-order chi connectivity index (χ1) is 13.3. The fourth-order valence-corrected chi connectivity index (χ4v) is 3.68. The van der Waals surface area contributed by atoms with Gasteiger partial charge in [-0.15, -0.1) is 0 Å². The lowest BCUT2D eigenvalue weighted by molar-refractivity contribution is -0.131. The zero-order chi connectivity index (χ0) is 20.3. The third-order valence-corrected chi connectivity index (χ3v) is 5.39. The number of anilines is 1. The first kappa shape index (κ1) is 20.4. The Kier molecular flexibility index (Phi) is 6.37. The minimum Gasteiger partial charge on any atom is -0.398 e. The van der Waals surface area contributed by atoms with Gasteiger partial charge in [0.15, 0.2) is 0 Å². The van der Waals surface area contributed by atoms with Crippen LogP contribution in [0.5, 0.6) is 0 Å². The van der Waals surface area contributed by atoms with Crippen molar-refractivity contribution in [2.24, 2.45) is 0 Å². The summed E-state index contributed by atoms with van der Waals surface area (Å²) < 4.78 is 13.1. The van der Waals surface area contributed by atoms with Crippen LogP contribution in [-0.2, 0) is 11.3 Å². The fraction of sp³-hybridized carbons (Fsp3) is 0.318.